The summed E-state index contributed by atoms with van der Waals surface area (Å²) < 4.78 is 13.8. The van der Waals surface area contributed by atoms with E-state index in [1.165, 1.54) is 19.3 Å². The number of rotatable bonds is 10. The minimum Gasteiger partial charge on any atom is -0.316 e. The standard InChI is InChI=1S/C18H30FN/c1-4-11-20-14-16(12-15(5-2)6-3)13-17-9-7-8-10-18(17)19/h7-10,15-16,20H,4-6,11-14H2,1-3H3. The van der Waals surface area contributed by atoms with Crippen LogP contribution in [0.2, 0.25) is 0 Å². The second kappa shape index (κ2) is 9.93. The van der Waals surface area contributed by atoms with Crippen molar-refractivity contribution in [1.29, 1.82) is 0 Å². The minimum atomic E-state index is -0.0578. The molecule has 0 spiro atoms. The third kappa shape index (κ3) is 6.04. The van der Waals surface area contributed by atoms with Gasteiger partial charge in [0.05, 0.1) is 0 Å². The van der Waals surface area contributed by atoms with Crippen LogP contribution in [0.1, 0.15) is 52.0 Å². The Kier molecular flexibility index (Phi) is 8.52. The number of hydrogen-bond donors (Lipinski definition) is 1. The van der Waals surface area contributed by atoms with Crippen LogP contribution in [0.4, 0.5) is 4.39 Å². The summed E-state index contributed by atoms with van der Waals surface area (Å²) in [6.45, 7) is 8.75. The third-order valence-corrected chi connectivity index (χ3v) is 4.15. The lowest BCUT2D eigenvalue weighted by Gasteiger charge is -2.23. The summed E-state index contributed by atoms with van der Waals surface area (Å²) in [5.41, 5.74) is 0.863. The molecule has 1 N–H and O–H groups in total. The Morgan fingerprint density at radius 2 is 1.75 bits per heavy atom. The van der Waals surface area contributed by atoms with Gasteiger partial charge in [0.25, 0.3) is 0 Å². The van der Waals surface area contributed by atoms with E-state index < -0.39 is 0 Å². The second-order valence-electron chi connectivity index (χ2n) is 5.78. The summed E-state index contributed by atoms with van der Waals surface area (Å²) in [4.78, 5) is 0. The predicted molar refractivity (Wildman–Crippen MR) is 85.4 cm³/mol. The van der Waals surface area contributed by atoms with Crippen LogP contribution < -0.4 is 5.32 Å². The Labute approximate surface area is 124 Å². The van der Waals surface area contributed by atoms with Gasteiger partial charge in [-0.2, -0.15) is 0 Å². The van der Waals surface area contributed by atoms with Gasteiger partial charge in [-0.3, -0.25) is 0 Å². The van der Waals surface area contributed by atoms with E-state index in [9.17, 15) is 4.39 Å². The molecule has 114 valence electrons. The summed E-state index contributed by atoms with van der Waals surface area (Å²) in [7, 11) is 0. The molecule has 1 nitrogen and oxygen atoms in total. The van der Waals surface area contributed by atoms with Gasteiger partial charge in [-0.1, -0.05) is 51.8 Å². The molecule has 0 amide bonds. The molecule has 1 atom stereocenters. The lowest BCUT2D eigenvalue weighted by Crippen LogP contribution is -2.27. The Morgan fingerprint density at radius 3 is 2.35 bits per heavy atom. The zero-order chi connectivity index (χ0) is 14.8. The van der Waals surface area contributed by atoms with E-state index in [4.69, 9.17) is 0 Å². The molecule has 0 radical (unpaired) electrons. The first-order valence-corrected chi connectivity index (χ1v) is 8.15. The molecule has 20 heavy (non-hydrogen) atoms. The van der Waals surface area contributed by atoms with Crippen molar-refractivity contribution in [3.8, 4) is 0 Å². The van der Waals surface area contributed by atoms with Crippen LogP contribution in [0.5, 0.6) is 0 Å². The number of benzene rings is 1. The van der Waals surface area contributed by atoms with Gasteiger partial charge in [0.1, 0.15) is 5.82 Å². The Balaban J connectivity index is 2.63. The average Bonchev–Trinajstić information content (AvgIpc) is 2.47. The SMILES string of the molecule is CCCNCC(Cc1ccccc1F)CC(CC)CC. The van der Waals surface area contributed by atoms with Crippen molar-refractivity contribution in [2.24, 2.45) is 11.8 Å². The molecule has 1 aromatic rings. The highest BCUT2D eigenvalue weighted by atomic mass is 19.1. The van der Waals surface area contributed by atoms with Crippen molar-refractivity contribution in [3.05, 3.63) is 35.6 Å². The number of halogens is 1. The third-order valence-electron chi connectivity index (χ3n) is 4.15. The van der Waals surface area contributed by atoms with Crippen molar-refractivity contribution < 1.29 is 4.39 Å². The van der Waals surface area contributed by atoms with E-state index in [0.29, 0.717) is 5.92 Å². The van der Waals surface area contributed by atoms with E-state index in [2.05, 4.69) is 26.1 Å². The molecule has 0 bridgehead atoms. The smallest absolute Gasteiger partial charge is 0.126 e. The average molecular weight is 279 g/mol. The molecule has 0 saturated heterocycles. The van der Waals surface area contributed by atoms with E-state index in [0.717, 1.165) is 37.4 Å². The summed E-state index contributed by atoms with van der Waals surface area (Å²) in [5.74, 6) is 1.23. The Morgan fingerprint density at radius 1 is 1.05 bits per heavy atom. The fourth-order valence-corrected chi connectivity index (χ4v) is 2.79. The normalized spacial score (nSPS) is 12.8. The Bertz CT molecular complexity index is 360. The van der Waals surface area contributed by atoms with Crippen LogP contribution in [0, 0.1) is 17.7 Å². The monoisotopic (exact) mass is 279 g/mol. The molecule has 0 heterocycles. The van der Waals surface area contributed by atoms with Gasteiger partial charge < -0.3 is 5.32 Å². The maximum atomic E-state index is 13.8. The van der Waals surface area contributed by atoms with Gasteiger partial charge in [-0.25, -0.2) is 4.39 Å². The molecule has 2 heteroatoms. The summed E-state index contributed by atoms with van der Waals surface area (Å²) in [5, 5.41) is 3.51. The van der Waals surface area contributed by atoms with Crippen LogP contribution in [0.3, 0.4) is 0 Å². The summed E-state index contributed by atoms with van der Waals surface area (Å²) in [6, 6.07) is 7.20. The first-order chi connectivity index (χ1) is 9.71. The number of nitrogens with one attached hydrogen (secondary N) is 1. The molecular formula is C18H30FN. The van der Waals surface area contributed by atoms with E-state index in [1.807, 2.05) is 12.1 Å². The van der Waals surface area contributed by atoms with Gasteiger partial charge >= 0.3 is 0 Å². The molecule has 1 unspecified atom stereocenters. The van der Waals surface area contributed by atoms with Gasteiger partial charge in [-0.15, -0.1) is 0 Å². The summed E-state index contributed by atoms with van der Waals surface area (Å²) in [6.07, 6.45) is 5.63. The van der Waals surface area contributed by atoms with Crippen LogP contribution in [0.25, 0.3) is 0 Å². The van der Waals surface area contributed by atoms with Crippen LogP contribution >= 0.6 is 0 Å². The van der Waals surface area contributed by atoms with Gasteiger partial charge in [0, 0.05) is 0 Å². The van der Waals surface area contributed by atoms with Crippen molar-refractivity contribution in [1.82, 2.24) is 5.32 Å². The first-order valence-electron chi connectivity index (χ1n) is 8.15. The van der Waals surface area contributed by atoms with Crippen molar-refractivity contribution >= 4 is 0 Å². The predicted octanol–water partition coefficient (Wildman–Crippen LogP) is 4.81. The lowest BCUT2D eigenvalue weighted by atomic mass is 9.86. The molecule has 0 aliphatic heterocycles. The van der Waals surface area contributed by atoms with Crippen molar-refractivity contribution in [2.75, 3.05) is 13.1 Å². The second-order valence-corrected chi connectivity index (χ2v) is 5.78. The largest absolute Gasteiger partial charge is 0.316 e. The molecule has 0 saturated carbocycles. The molecular weight excluding hydrogens is 249 g/mol. The first kappa shape index (κ1) is 17.2. The summed E-state index contributed by atoms with van der Waals surface area (Å²) >= 11 is 0. The van der Waals surface area contributed by atoms with E-state index >= 15 is 0 Å². The minimum absolute atomic E-state index is 0.0578. The topological polar surface area (TPSA) is 12.0 Å². The quantitative estimate of drug-likeness (QED) is 0.606. The van der Waals surface area contributed by atoms with Crippen LogP contribution in [0.15, 0.2) is 24.3 Å². The highest BCUT2D eigenvalue weighted by Crippen LogP contribution is 2.23. The number of hydrogen-bond acceptors (Lipinski definition) is 1. The lowest BCUT2D eigenvalue weighted by molar-refractivity contribution is 0.336. The van der Waals surface area contributed by atoms with E-state index in [1.54, 1.807) is 12.1 Å². The van der Waals surface area contributed by atoms with Crippen LogP contribution in [-0.4, -0.2) is 13.1 Å². The fraction of sp³-hybridized carbons (Fsp3) is 0.667. The fourth-order valence-electron chi connectivity index (χ4n) is 2.79. The van der Waals surface area contributed by atoms with Gasteiger partial charge in [0.2, 0.25) is 0 Å². The molecule has 1 rings (SSSR count). The zero-order valence-electron chi connectivity index (χ0n) is 13.3. The maximum absolute atomic E-state index is 13.8. The van der Waals surface area contributed by atoms with Crippen molar-refractivity contribution in [2.45, 2.75) is 52.9 Å². The van der Waals surface area contributed by atoms with Crippen LogP contribution in [-0.2, 0) is 6.42 Å². The molecule has 0 aromatic heterocycles. The highest BCUT2D eigenvalue weighted by molar-refractivity contribution is 5.17. The van der Waals surface area contributed by atoms with E-state index in [-0.39, 0.29) is 5.82 Å². The maximum Gasteiger partial charge on any atom is 0.126 e. The molecule has 0 fully saturated rings. The van der Waals surface area contributed by atoms with Crippen molar-refractivity contribution in [3.63, 3.8) is 0 Å². The molecule has 1 aromatic carbocycles. The highest BCUT2D eigenvalue weighted by Gasteiger charge is 2.16. The Hall–Kier alpha value is -0.890. The molecule has 0 aliphatic carbocycles. The van der Waals surface area contributed by atoms with Gasteiger partial charge in [-0.05, 0) is 55.8 Å². The molecule has 0 aliphatic rings. The zero-order valence-corrected chi connectivity index (χ0v) is 13.3. The van der Waals surface area contributed by atoms with Gasteiger partial charge in [0.15, 0.2) is 0 Å².